The molecular weight excluding hydrogens is 350 g/mol. The fourth-order valence-corrected chi connectivity index (χ4v) is 4.30. The highest BCUT2D eigenvalue weighted by Crippen LogP contribution is 2.31. The molecule has 0 aromatic heterocycles. The second-order valence-corrected chi connectivity index (χ2v) is 7.72. The van der Waals surface area contributed by atoms with E-state index in [0.717, 1.165) is 62.3 Å². The van der Waals surface area contributed by atoms with Gasteiger partial charge in [-0.1, -0.05) is 42.8 Å². The summed E-state index contributed by atoms with van der Waals surface area (Å²) in [6.45, 7) is 4.04. The lowest BCUT2D eigenvalue weighted by atomic mass is 10.00. The minimum absolute atomic E-state index is 0.0444. The average molecular weight is 377 g/mol. The van der Waals surface area contributed by atoms with Crippen molar-refractivity contribution in [3.8, 4) is 0 Å². The van der Waals surface area contributed by atoms with E-state index >= 15 is 0 Å². The number of carbonyl (C=O) groups is 2. The lowest BCUT2D eigenvalue weighted by Gasteiger charge is -2.34. The van der Waals surface area contributed by atoms with Crippen molar-refractivity contribution >= 4 is 23.2 Å². The lowest BCUT2D eigenvalue weighted by molar-refractivity contribution is -0.122. The van der Waals surface area contributed by atoms with Crippen molar-refractivity contribution in [3.05, 3.63) is 59.7 Å². The third-order valence-corrected chi connectivity index (χ3v) is 5.77. The van der Waals surface area contributed by atoms with E-state index in [1.807, 2.05) is 36.4 Å². The van der Waals surface area contributed by atoms with E-state index in [-0.39, 0.29) is 17.9 Å². The molecule has 2 aromatic carbocycles. The van der Waals surface area contributed by atoms with E-state index in [9.17, 15) is 9.59 Å². The number of benzene rings is 2. The number of amides is 2. The van der Waals surface area contributed by atoms with Crippen LogP contribution in [0.25, 0.3) is 0 Å². The minimum atomic E-state index is -0.119. The first-order valence-corrected chi connectivity index (χ1v) is 10.1. The van der Waals surface area contributed by atoms with Crippen LogP contribution in [0.15, 0.2) is 48.5 Å². The SMILES string of the molecule is CC(=O)N1CCc2ccc(NC(=O)C3CCCCN3Cc3ccccc3)cc21. The molecule has 28 heavy (non-hydrogen) atoms. The van der Waals surface area contributed by atoms with Crippen molar-refractivity contribution in [1.82, 2.24) is 4.90 Å². The Morgan fingerprint density at radius 2 is 1.89 bits per heavy atom. The van der Waals surface area contributed by atoms with E-state index in [0.29, 0.717) is 0 Å². The number of fused-ring (bicyclic) bond motifs is 1. The summed E-state index contributed by atoms with van der Waals surface area (Å²) < 4.78 is 0. The van der Waals surface area contributed by atoms with E-state index in [2.05, 4.69) is 22.3 Å². The van der Waals surface area contributed by atoms with Crippen LogP contribution in [-0.4, -0.2) is 35.8 Å². The number of hydrogen-bond acceptors (Lipinski definition) is 3. The molecule has 0 saturated carbocycles. The Bertz CT molecular complexity index is 865. The van der Waals surface area contributed by atoms with Crippen LogP contribution in [0.2, 0.25) is 0 Å². The third kappa shape index (κ3) is 3.94. The lowest BCUT2D eigenvalue weighted by Crippen LogP contribution is -2.46. The highest BCUT2D eigenvalue weighted by molar-refractivity contribution is 5.98. The van der Waals surface area contributed by atoms with Gasteiger partial charge in [0.15, 0.2) is 0 Å². The fourth-order valence-electron chi connectivity index (χ4n) is 4.30. The predicted molar refractivity (Wildman–Crippen MR) is 111 cm³/mol. The normalized spacial score (nSPS) is 19.3. The Hall–Kier alpha value is -2.66. The molecule has 2 aromatic rings. The first-order valence-electron chi connectivity index (χ1n) is 10.1. The maximum atomic E-state index is 13.1. The number of anilines is 2. The molecule has 2 aliphatic heterocycles. The molecule has 0 radical (unpaired) electrons. The molecule has 0 bridgehead atoms. The van der Waals surface area contributed by atoms with E-state index in [4.69, 9.17) is 0 Å². The molecule has 0 aliphatic carbocycles. The molecule has 146 valence electrons. The number of carbonyl (C=O) groups excluding carboxylic acids is 2. The smallest absolute Gasteiger partial charge is 0.241 e. The predicted octanol–water partition coefficient (Wildman–Crippen LogP) is 3.59. The average Bonchev–Trinajstić information content (AvgIpc) is 3.13. The number of piperidine rings is 1. The van der Waals surface area contributed by atoms with Crippen molar-refractivity contribution in [2.45, 2.75) is 45.2 Å². The second kappa shape index (κ2) is 8.15. The quantitative estimate of drug-likeness (QED) is 0.886. The van der Waals surface area contributed by atoms with Crippen LogP contribution in [0.4, 0.5) is 11.4 Å². The zero-order valence-corrected chi connectivity index (χ0v) is 16.4. The Balaban J connectivity index is 1.48. The highest BCUT2D eigenvalue weighted by Gasteiger charge is 2.29. The molecule has 1 N–H and O–H groups in total. The van der Waals surface area contributed by atoms with Crippen molar-refractivity contribution in [2.75, 3.05) is 23.3 Å². The molecule has 1 unspecified atom stereocenters. The van der Waals surface area contributed by atoms with Crippen molar-refractivity contribution in [2.24, 2.45) is 0 Å². The van der Waals surface area contributed by atoms with Gasteiger partial charge in [-0.25, -0.2) is 0 Å². The molecule has 2 amide bonds. The number of nitrogens with zero attached hydrogens (tertiary/aromatic N) is 2. The van der Waals surface area contributed by atoms with Gasteiger partial charge in [0.05, 0.1) is 6.04 Å². The standard InChI is InChI=1S/C23H27N3O2/c1-17(27)26-14-12-19-10-11-20(15-22(19)26)24-23(28)21-9-5-6-13-25(21)16-18-7-3-2-4-8-18/h2-4,7-8,10-11,15,21H,5-6,9,12-14,16H2,1H3,(H,24,28). The highest BCUT2D eigenvalue weighted by atomic mass is 16.2. The van der Waals surface area contributed by atoms with Gasteiger partial charge in [0.2, 0.25) is 11.8 Å². The summed E-state index contributed by atoms with van der Waals surface area (Å²) in [6, 6.07) is 16.1. The molecule has 1 fully saturated rings. The number of hydrogen-bond donors (Lipinski definition) is 1. The molecule has 2 aliphatic rings. The Morgan fingerprint density at radius 3 is 2.68 bits per heavy atom. The summed E-state index contributed by atoms with van der Waals surface area (Å²) >= 11 is 0. The van der Waals surface area contributed by atoms with Gasteiger partial charge in [0, 0.05) is 31.4 Å². The summed E-state index contributed by atoms with van der Waals surface area (Å²) in [4.78, 5) is 29.0. The van der Waals surface area contributed by atoms with Crippen molar-refractivity contribution < 1.29 is 9.59 Å². The first kappa shape index (κ1) is 18.7. The van der Waals surface area contributed by atoms with Crippen molar-refractivity contribution in [3.63, 3.8) is 0 Å². The monoisotopic (exact) mass is 377 g/mol. The molecule has 5 nitrogen and oxygen atoms in total. The van der Waals surface area contributed by atoms with Gasteiger partial charge in [0.25, 0.3) is 0 Å². The second-order valence-electron chi connectivity index (χ2n) is 7.72. The van der Waals surface area contributed by atoms with Gasteiger partial charge >= 0.3 is 0 Å². The van der Waals surface area contributed by atoms with Crippen LogP contribution in [0.5, 0.6) is 0 Å². The van der Waals surface area contributed by atoms with Crippen LogP contribution < -0.4 is 10.2 Å². The Morgan fingerprint density at radius 1 is 1.07 bits per heavy atom. The molecule has 5 heteroatoms. The van der Waals surface area contributed by atoms with Gasteiger partial charge in [-0.05, 0) is 49.1 Å². The molecule has 0 spiro atoms. The third-order valence-electron chi connectivity index (χ3n) is 5.77. The van der Waals surface area contributed by atoms with E-state index in [1.54, 1.807) is 11.8 Å². The number of rotatable bonds is 4. The van der Waals surface area contributed by atoms with Crippen LogP contribution in [0.1, 0.15) is 37.3 Å². The molecule has 4 rings (SSSR count). The van der Waals surface area contributed by atoms with Gasteiger partial charge in [-0.2, -0.15) is 0 Å². The van der Waals surface area contributed by atoms with Crippen LogP contribution in [0.3, 0.4) is 0 Å². The van der Waals surface area contributed by atoms with Gasteiger partial charge in [-0.15, -0.1) is 0 Å². The summed E-state index contributed by atoms with van der Waals surface area (Å²) in [5.74, 6) is 0.0893. The van der Waals surface area contributed by atoms with E-state index in [1.165, 1.54) is 5.56 Å². The molecule has 1 atom stereocenters. The zero-order valence-electron chi connectivity index (χ0n) is 16.4. The van der Waals surface area contributed by atoms with Crippen LogP contribution >= 0.6 is 0 Å². The number of nitrogens with one attached hydrogen (secondary N) is 1. The first-order chi connectivity index (χ1) is 13.6. The molecule has 2 heterocycles. The largest absolute Gasteiger partial charge is 0.325 e. The van der Waals surface area contributed by atoms with Crippen molar-refractivity contribution in [1.29, 1.82) is 0 Å². The zero-order chi connectivity index (χ0) is 19.5. The fraction of sp³-hybridized carbons (Fsp3) is 0.391. The topological polar surface area (TPSA) is 52.7 Å². The summed E-state index contributed by atoms with van der Waals surface area (Å²) in [7, 11) is 0. The van der Waals surface area contributed by atoms with Crippen LogP contribution in [-0.2, 0) is 22.6 Å². The summed E-state index contributed by atoms with van der Waals surface area (Å²) in [6.07, 6.45) is 3.95. The molecule has 1 saturated heterocycles. The van der Waals surface area contributed by atoms with Gasteiger partial charge < -0.3 is 10.2 Å². The molecular formula is C23H27N3O2. The summed E-state index contributed by atoms with van der Waals surface area (Å²) in [5.41, 5.74) is 4.09. The Kier molecular flexibility index (Phi) is 5.44. The maximum absolute atomic E-state index is 13.1. The van der Waals surface area contributed by atoms with Gasteiger partial charge in [0.1, 0.15) is 0 Å². The summed E-state index contributed by atoms with van der Waals surface area (Å²) in [5, 5.41) is 3.10. The maximum Gasteiger partial charge on any atom is 0.241 e. The Labute approximate surface area is 166 Å². The van der Waals surface area contributed by atoms with Crippen LogP contribution in [0, 0.1) is 0 Å². The number of likely N-dealkylation sites (tertiary alicyclic amines) is 1. The van der Waals surface area contributed by atoms with E-state index < -0.39 is 0 Å². The van der Waals surface area contributed by atoms with Gasteiger partial charge in [-0.3, -0.25) is 14.5 Å². The minimum Gasteiger partial charge on any atom is -0.325 e.